The van der Waals surface area contributed by atoms with Gasteiger partial charge in [-0.15, -0.1) is 12.4 Å². The van der Waals surface area contributed by atoms with E-state index in [-0.39, 0.29) is 18.4 Å². The Hall–Kier alpha value is -0.930. The van der Waals surface area contributed by atoms with Gasteiger partial charge in [-0.2, -0.15) is 4.31 Å². The van der Waals surface area contributed by atoms with Crippen LogP contribution in [0.4, 0.5) is 0 Å². The van der Waals surface area contributed by atoms with E-state index in [1.165, 1.54) is 4.31 Å². The van der Waals surface area contributed by atoms with Crippen molar-refractivity contribution in [2.45, 2.75) is 10.9 Å². The highest BCUT2D eigenvalue weighted by atomic mass is 79.9. The van der Waals surface area contributed by atoms with Crippen LogP contribution in [0.3, 0.4) is 0 Å². The summed E-state index contributed by atoms with van der Waals surface area (Å²) >= 11 is 3.33. The molecule has 1 atom stereocenters. The van der Waals surface area contributed by atoms with E-state index in [9.17, 15) is 8.42 Å². The minimum atomic E-state index is -3.55. The molecule has 1 fully saturated rings. The molecule has 1 saturated heterocycles. The van der Waals surface area contributed by atoms with Crippen LogP contribution in [0.5, 0.6) is 0 Å². The fourth-order valence-corrected chi connectivity index (χ4v) is 4.48. The number of imidazole rings is 1. The highest BCUT2D eigenvalue weighted by Crippen LogP contribution is 2.28. The molecule has 9 heteroatoms. The summed E-state index contributed by atoms with van der Waals surface area (Å²) < 4.78 is 30.2. The van der Waals surface area contributed by atoms with Crippen molar-refractivity contribution in [2.24, 2.45) is 7.05 Å². The predicted molar refractivity (Wildman–Crippen MR) is 94.1 cm³/mol. The lowest BCUT2D eigenvalue weighted by Gasteiger charge is -2.34. The first kappa shape index (κ1) is 18.4. The van der Waals surface area contributed by atoms with E-state index in [1.54, 1.807) is 30.5 Å². The monoisotopic (exact) mass is 420 g/mol. The summed E-state index contributed by atoms with van der Waals surface area (Å²) in [6, 6.07) is 6.42. The van der Waals surface area contributed by atoms with E-state index in [0.717, 1.165) is 10.3 Å². The molecule has 1 aliphatic heterocycles. The van der Waals surface area contributed by atoms with Gasteiger partial charge in [-0.3, -0.25) is 0 Å². The van der Waals surface area contributed by atoms with E-state index >= 15 is 0 Å². The summed E-state index contributed by atoms with van der Waals surface area (Å²) in [5.41, 5.74) is 0. The Morgan fingerprint density at radius 1 is 1.30 bits per heavy atom. The van der Waals surface area contributed by atoms with Gasteiger partial charge in [0.05, 0.1) is 10.9 Å². The topological polar surface area (TPSA) is 67.2 Å². The van der Waals surface area contributed by atoms with Crippen LogP contribution in [0.15, 0.2) is 46.0 Å². The Labute approximate surface area is 150 Å². The molecular formula is C14H18BrClN4O2S. The number of sulfonamides is 1. The molecule has 2 aromatic rings. The summed E-state index contributed by atoms with van der Waals surface area (Å²) in [7, 11) is -1.68. The molecule has 2 heterocycles. The third-order valence-corrected chi connectivity index (χ3v) is 6.22. The normalized spacial score (nSPS) is 19.3. The van der Waals surface area contributed by atoms with Crippen molar-refractivity contribution in [1.29, 1.82) is 0 Å². The second-order valence-corrected chi connectivity index (χ2v) is 7.99. The van der Waals surface area contributed by atoms with Crippen molar-refractivity contribution >= 4 is 38.4 Å². The largest absolute Gasteiger partial charge is 0.337 e. The molecule has 3 rings (SSSR count). The van der Waals surface area contributed by atoms with Gasteiger partial charge in [-0.05, 0) is 24.3 Å². The van der Waals surface area contributed by atoms with Gasteiger partial charge in [0.1, 0.15) is 5.82 Å². The summed E-state index contributed by atoms with van der Waals surface area (Å²) in [6.45, 7) is 1.62. The molecule has 1 aliphatic rings. The molecule has 1 N–H and O–H groups in total. The number of nitrogens with one attached hydrogen (secondary N) is 1. The smallest absolute Gasteiger partial charge is 0.243 e. The molecule has 0 amide bonds. The molecule has 23 heavy (non-hydrogen) atoms. The highest BCUT2D eigenvalue weighted by Gasteiger charge is 2.36. The Morgan fingerprint density at radius 3 is 2.61 bits per heavy atom. The molecule has 1 aromatic heterocycles. The van der Waals surface area contributed by atoms with Crippen molar-refractivity contribution in [1.82, 2.24) is 19.2 Å². The summed E-state index contributed by atoms with van der Waals surface area (Å²) in [6.07, 6.45) is 3.52. The molecule has 0 radical (unpaired) electrons. The maximum absolute atomic E-state index is 13.0. The fraction of sp³-hybridized carbons (Fsp3) is 0.357. The average molecular weight is 422 g/mol. The van der Waals surface area contributed by atoms with Crippen molar-refractivity contribution in [3.8, 4) is 0 Å². The number of hydrogen-bond donors (Lipinski definition) is 1. The van der Waals surface area contributed by atoms with Crippen LogP contribution in [0, 0.1) is 0 Å². The highest BCUT2D eigenvalue weighted by molar-refractivity contribution is 9.10. The number of benzene rings is 1. The molecule has 6 nitrogen and oxygen atoms in total. The Balaban J connectivity index is 0.00000192. The maximum atomic E-state index is 13.0. The van der Waals surface area contributed by atoms with Crippen LogP contribution >= 0.6 is 28.3 Å². The van der Waals surface area contributed by atoms with Gasteiger partial charge in [-0.1, -0.05) is 15.9 Å². The zero-order valence-electron chi connectivity index (χ0n) is 12.5. The quantitative estimate of drug-likeness (QED) is 0.822. The molecule has 126 valence electrons. The number of piperazine rings is 1. The standard InChI is InChI=1S/C14H17BrN4O2S.ClH/c1-18-8-7-17-14(18)13-10-16-6-9-19(13)22(20,21)12-4-2-11(15)3-5-12;/h2-5,7-8,13,16H,6,9-10H2,1H3;1H. The zero-order valence-corrected chi connectivity index (χ0v) is 15.7. The van der Waals surface area contributed by atoms with E-state index in [1.807, 2.05) is 17.8 Å². The summed E-state index contributed by atoms with van der Waals surface area (Å²) in [5.74, 6) is 0.743. The van der Waals surface area contributed by atoms with Gasteiger partial charge in [-0.25, -0.2) is 13.4 Å². The SMILES string of the molecule is Cl.Cn1ccnc1C1CNCCN1S(=O)(=O)c1ccc(Br)cc1. The van der Waals surface area contributed by atoms with E-state index < -0.39 is 10.0 Å². The second kappa shape index (κ2) is 7.31. The molecule has 0 spiro atoms. The molecule has 0 aliphatic carbocycles. The first-order valence-electron chi connectivity index (χ1n) is 6.95. The minimum absolute atomic E-state index is 0. The Morgan fingerprint density at radius 2 is 2.00 bits per heavy atom. The number of rotatable bonds is 3. The number of hydrogen-bond acceptors (Lipinski definition) is 4. The van der Waals surface area contributed by atoms with E-state index in [2.05, 4.69) is 26.2 Å². The van der Waals surface area contributed by atoms with E-state index in [4.69, 9.17) is 0 Å². The van der Waals surface area contributed by atoms with Gasteiger partial charge in [0, 0.05) is 43.5 Å². The Bertz CT molecular complexity index is 763. The van der Waals surface area contributed by atoms with Gasteiger partial charge in [0.25, 0.3) is 0 Å². The van der Waals surface area contributed by atoms with Gasteiger partial charge >= 0.3 is 0 Å². The van der Waals surface area contributed by atoms with Crippen LogP contribution < -0.4 is 5.32 Å². The maximum Gasteiger partial charge on any atom is 0.243 e. The minimum Gasteiger partial charge on any atom is -0.337 e. The average Bonchev–Trinajstić information content (AvgIpc) is 2.94. The van der Waals surface area contributed by atoms with E-state index in [0.29, 0.717) is 24.5 Å². The third kappa shape index (κ3) is 3.61. The molecular weight excluding hydrogens is 404 g/mol. The summed E-state index contributed by atoms with van der Waals surface area (Å²) in [5, 5.41) is 3.25. The lowest BCUT2D eigenvalue weighted by Crippen LogP contribution is -2.49. The van der Waals surface area contributed by atoms with Crippen molar-refractivity contribution in [2.75, 3.05) is 19.6 Å². The van der Waals surface area contributed by atoms with Crippen molar-refractivity contribution < 1.29 is 8.42 Å². The van der Waals surface area contributed by atoms with Gasteiger partial charge in [0.2, 0.25) is 10.0 Å². The Kier molecular flexibility index (Phi) is 5.85. The number of halogens is 2. The first-order chi connectivity index (χ1) is 10.5. The molecule has 0 saturated carbocycles. The van der Waals surface area contributed by atoms with Crippen molar-refractivity contribution in [3.05, 3.63) is 47.0 Å². The number of nitrogens with zero attached hydrogens (tertiary/aromatic N) is 3. The number of aromatic nitrogens is 2. The van der Waals surface area contributed by atoms with Crippen LogP contribution in [-0.4, -0.2) is 41.9 Å². The van der Waals surface area contributed by atoms with Gasteiger partial charge < -0.3 is 9.88 Å². The second-order valence-electron chi connectivity index (χ2n) is 5.19. The lowest BCUT2D eigenvalue weighted by molar-refractivity contribution is 0.258. The van der Waals surface area contributed by atoms with Crippen LogP contribution in [0.1, 0.15) is 11.9 Å². The number of aryl methyl sites for hydroxylation is 1. The summed E-state index contributed by atoms with van der Waals surface area (Å²) in [4.78, 5) is 4.62. The third-order valence-electron chi connectivity index (χ3n) is 3.77. The van der Waals surface area contributed by atoms with Gasteiger partial charge in [0.15, 0.2) is 0 Å². The first-order valence-corrected chi connectivity index (χ1v) is 9.19. The van der Waals surface area contributed by atoms with Crippen LogP contribution in [0.2, 0.25) is 0 Å². The lowest BCUT2D eigenvalue weighted by atomic mass is 10.2. The predicted octanol–water partition coefficient (Wildman–Crippen LogP) is 1.94. The van der Waals surface area contributed by atoms with Crippen LogP contribution in [-0.2, 0) is 17.1 Å². The van der Waals surface area contributed by atoms with Crippen LogP contribution in [0.25, 0.3) is 0 Å². The molecule has 1 aromatic carbocycles. The molecule has 1 unspecified atom stereocenters. The van der Waals surface area contributed by atoms with Crippen molar-refractivity contribution in [3.63, 3.8) is 0 Å². The zero-order chi connectivity index (χ0) is 15.7. The molecule has 0 bridgehead atoms. The fourth-order valence-electron chi connectivity index (χ4n) is 2.63.